The first-order valence-electron chi connectivity index (χ1n) is 5.60. The molecule has 0 aliphatic heterocycles. The molecular weight excluding hydrogens is 260 g/mol. The van der Waals surface area contributed by atoms with E-state index in [1.165, 1.54) is 12.1 Å². The molecule has 0 radical (unpaired) electrons. The fourth-order valence-electron chi connectivity index (χ4n) is 1.57. The number of primary amides is 1. The molecular formula is C14H12N2O4. The van der Waals surface area contributed by atoms with Gasteiger partial charge in [-0.2, -0.15) is 0 Å². The number of rotatable bonds is 3. The van der Waals surface area contributed by atoms with Crippen LogP contribution >= 0.6 is 0 Å². The van der Waals surface area contributed by atoms with E-state index in [9.17, 15) is 14.9 Å². The standard InChI is InChI=1S/C13H9NO3.CH3NO/c15-13(10-6-2-1-3-7-10)11-8-4-5-9-12(11)14(16)17;2-1-3/h1-9H;1H,(H2,2,3). The van der Waals surface area contributed by atoms with Crippen LogP contribution in [-0.2, 0) is 4.79 Å². The Kier molecular flexibility index (Phi) is 5.58. The Balaban J connectivity index is 0.000000612. The molecule has 2 aromatic carbocycles. The topological polar surface area (TPSA) is 103 Å². The molecule has 0 bridgehead atoms. The van der Waals surface area contributed by atoms with Gasteiger partial charge in [-0.15, -0.1) is 0 Å². The first-order chi connectivity index (χ1) is 9.61. The SMILES string of the molecule is NC=O.O=C(c1ccccc1)c1ccccc1[N+](=O)[O-]. The lowest BCUT2D eigenvalue weighted by Gasteiger charge is -2.01. The average molecular weight is 272 g/mol. The molecule has 2 aromatic rings. The van der Waals surface area contributed by atoms with E-state index in [1.807, 2.05) is 0 Å². The summed E-state index contributed by atoms with van der Waals surface area (Å²) >= 11 is 0. The van der Waals surface area contributed by atoms with Crippen LogP contribution in [-0.4, -0.2) is 17.1 Å². The Morgan fingerprint density at radius 1 is 1.05 bits per heavy atom. The van der Waals surface area contributed by atoms with Crippen molar-refractivity contribution >= 4 is 17.9 Å². The van der Waals surface area contributed by atoms with Gasteiger partial charge >= 0.3 is 0 Å². The maximum atomic E-state index is 12.1. The monoisotopic (exact) mass is 272 g/mol. The van der Waals surface area contributed by atoms with Crippen molar-refractivity contribution in [2.24, 2.45) is 5.73 Å². The Bertz CT molecular complexity index is 612. The van der Waals surface area contributed by atoms with Crippen molar-refractivity contribution in [3.05, 3.63) is 75.8 Å². The predicted octanol–water partition coefficient (Wildman–Crippen LogP) is 1.93. The molecule has 0 aliphatic carbocycles. The van der Waals surface area contributed by atoms with Gasteiger partial charge in [-0.25, -0.2) is 0 Å². The third kappa shape index (κ3) is 3.74. The Labute approximate surface area is 115 Å². The first-order valence-corrected chi connectivity index (χ1v) is 5.60. The fourth-order valence-corrected chi connectivity index (χ4v) is 1.57. The van der Waals surface area contributed by atoms with Crippen molar-refractivity contribution in [1.29, 1.82) is 0 Å². The van der Waals surface area contributed by atoms with Crippen molar-refractivity contribution in [3.8, 4) is 0 Å². The molecule has 2 rings (SSSR count). The van der Waals surface area contributed by atoms with Crippen LogP contribution in [0, 0.1) is 10.1 Å². The zero-order valence-electron chi connectivity index (χ0n) is 10.4. The predicted molar refractivity (Wildman–Crippen MR) is 73.2 cm³/mol. The molecule has 102 valence electrons. The number of amides is 1. The van der Waals surface area contributed by atoms with Crippen LogP contribution < -0.4 is 5.73 Å². The molecule has 6 nitrogen and oxygen atoms in total. The molecule has 2 N–H and O–H groups in total. The van der Waals surface area contributed by atoms with E-state index < -0.39 is 4.92 Å². The Morgan fingerprint density at radius 3 is 2.10 bits per heavy atom. The normalized spacial score (nSPS) is 9.00. The number of hydrogen-bond acceptors (Lipinski definition) is 4. The molecule has 0 atom stereocenters. The second-order valence-corrected chi connectivity index (χ2v) is 3.61. The molecule has 0 aromatic heterocycles. The molecule has 20 heavy (non-hydrogen) atoms. The van der Waals surface area contributed by atoms with Gasteiger partial charge in [0.25, 0.3) is 5.69 Å². The third-order valence-corrected chi connectivity index (χ3v) is 2.38. The van der Waals surface area contributed by atoms with Crippen LogP contribution in [0.15, 0.2) is 54.6 Å². The van der Waals surface area contributed by atoms with Crippen LogP contribution in [0.4, 0.5) is 5.69 Å². The van der Waals surface area contributed by atoms with Gasteiger partial charge in [0.15, 0.2) is 5.78 Å². The van der Waals surface area contributed by atoms with Crippen molar-refractivity contribution in [2.75, 3.05) is 0 Å². The van der Waals surface area contributed by atoms with Gasteiger partial charge < -0.3 is 5.73 Å². The summed E-state index contributed by atoms with van der Waals surface area (Å²) in [6.45, 7) is 0. The number of benzene rings is 2. The van der Waals surface area contributed by atoms with Gasteiger partial charge in [0.05, 0.1) is 4.92 Å². The summed E-state index contributed by atoms with van der Waals surface area (Å²) in [6, 6.07) is 14.5. The van der Waals surface area contributed by atoms with Crippen LogP contribution in [0.3, 0.4) is 0 Å². The van der Waals surface area contributed by atoms with Crippen molar-refractivity contribution in [1.82, 2.24) is 0 Å². The quantitative estimate of drug-likeness (QED) is 0.399. The van der Waals surface area contributed by atoms with E-state index in [-0.39, 0.29) is 23.4 Å². The van der Waals surface area contributed by atoms with Crippen LogP contribution in [0.2, 0.25) is 0 Å². The van der Waals surface area contributed by atoms with Crippen LogP contribution in [0.5, 0.6) is 0 Å². The fraction of sp³-hybridized carbons (Fsp3) is 0. The highest BCUT2D eigenvalue weighted by molar-refractivity contribution is 6.11. The number of nitrogens with two attached hydrogens (primary N) is 1. The Hall–Kier alpha value is -3.02. The van der Waals surface area contributed by atoms with Crippen LogP contribution in [0.1, 0.15) is 15.9 Å². The van der Waals surface area contributed by atoms with E-state index in [0.717, 1.165) is 0 Å². The third-order valence-electron chi connectivity index (χ3n) is 2.38. The maximum Gasteiger partial charge on any atom is 0.280 e. The number of carbonyl (C=O) groups excluding carboxylic acids is 2. The van der Waals surface area contributed by atoms with Gasteiger partial charge in [-0.05, 0) is 6.07 Å². The zero-order chi connectivity index (χ0) is 15.0. The summed E-state index contributed by atoms with van der Waals surface area (Å²) < 4.78 is 0. The van der Waals surface area contributed by atoms with E-state index in [0.29, 0.717) is 5.56 Å². The number of nitro benzene ring substituents is 1. The number of nitrogens with zero attached hydrogens (tertiary/aromatic N) is 1. The lowest BCUT2D eigenvalue weighted by atomic mass is 10.0. The highest BCUT2D eigenvalue weighted by atomic mass is 16.6. The molecule has 0 unspecified atom stereocenters. The summed E-state index contributed by atoms with van der Waals surface area (Å²) in [4.78, 5) is 30.9. The largest absolute Gasteiger partial charge is 0.372 e. The van der Waals surface area contributed by atoms with Gasteiger partial charge in [0.2, 0.25) is 6.41 Å². The van der Waals surface area contributed by atoms with Gasteiger partial charge in [-0.1, -0.05) is 42.5 Å². The van der Waals surface area contributed by atoms with Gasteiger partial charge in [0, 0.05) is 11.6 Å². The van der Waals surface area contributed by atoms with Gasteiger partial charge in [0.1, 0.15) is 5.56 Å². The minimum atomic E-state index is -0.545. The smallest absolute Gasteiger partial charge is 0.280 e. The average Bonchev–Trinajstić information content (AvgIpc) is 2.48. The molecule has 0 aliphatic rings. The summed E-state index contributed by atoms with van der Waals surface area (Å²) in [5.41, 5.74) is 4.56. The van der Waals surface area contributed by atoms with E-state index >= 15 is 0 Å². The molecule has 0 saturated carbocycles. The number of ketones is 1. The minimum Gasteiger partial charge on any atom is -0.372 e. The van der Waals surface area contributed by atoms with Gasteiger partial charge in [-0.3, -0.25) is 19.7 Å². The second kappa shape index (κ2) is 7.42. The van der Waals surface area contributed by atoms with Crippen LogP contribution in [0.25, 0.3) is 0 Å². The van der Waals surface area contributed by atoms with E-state index in [2.05, 4.69) is 5.73 Å². The maximum absolute atomic E-state index is 12.1. The molecule has 0 saturated heterocycles. The lowest BCUT2D eigenvalue weighted by Crippen LogP contribution is -2.04. The minimum absolute atomic E-state index is 0.115. The van der Waals surface area contributed by atoms with Crippen molar-refractivity contribution in [3.63, 3.8) is 0 Å². The summed E-state index contributed by atoms with van der Waals surface area (Å²) in [7, 11) is 0. The molecule has 6 heteroatoms. The lowest BCUT2D eigenvalue weighted by molar-refractivity contribution is -0.385. The van der Waals surface area contributed by atoms with Crippen molar-refractivity contribution in [2.45, 2.75) is 0 Å². The summed E-state index contributed by atoms with van der Waals surface area (Å²) in [5, 5.41) is 10.8. The summed E-state index contributed by atoms with van der Waals surface area (Å²) in [6.07, 6.45) is 0.250. The number of carbonyl (C=O) groups is 2. The number of hydrogen-bond donors (Lipinski definition) is 1. The Morgan fingerprint density at radius 2 is 1.55 bits per heavy atom. The number of nitro groups is 1. The number of para-hydroxylation sites is 1. The highest BCUT2D eigenvalue weighted by Gasteiger charge is 2.19. The zero-order valence-corrected chi connectivity index (χ0v) is 10.4. The molecule has 0 spiro atoms. The molecule has 0 fully saturated rings. The summed E-state index contributed by atoms with van der Waals surface area (Å²) in [5.74, 6) is -0.335. The molecule has 0 heterocycles. The highest BCUT2D eigenvalue weighted by Crippen LogP contribution is 2.20. The van der Waals surface area contributed by atoms with E-state index in [1.54, 1.807) is 42.5 Å². The van der Waals surface area contributed by atoms with Crippen molar-refractivity contribution < 1.29 is 14.5 Å². The second-order valence-electron chi connectivity index (χ2n) is 3.61. The first kappa shape index (κ1) is 15.0. The van der Waals surface area contributed by atoms with E-state index in [4.69, 9.17) is 4.79 Å². The molecule has 1 amide bonds.